The van der Waals surface area contributed by atoms with E-state index in [0.29, 0.717) is 6.42 Å². The summed E-state index contributed by atoms with van der Waals surface area (Å²) in [7, 11) is -1.19. The molecule has 2 atom stereocenters. The molecule has 1 saturated heterocycles. The van der Waals surface area contributed by atoms with Crippen LogP contribution >= 0.6 is 0 Å². The van der Waals surface area contributed by atoms with E-state index in [2.05, 4.69) is 10.4 Å². The highest BCUT2D eigenvalue weighted by Crippen LogP contribution is 2.26. The Hall–Kier alpha value is -0.920. The first-order valence-corrected chi connectivity index (χ1v) is 9.14. The molecule has 1 aromatic rings. The molecular weight excluding hydrogens is 290 g/mol. The van der Waals surface area contributed by atoms with Crippen LogP contribution in [0.1, 0.15) is 36.3 Å². The lowest BCUT2D eigenvalue weighted by Crippen LogP contribution is -2.26. The van der Waals surface area contributed by atoms with Crippen molar-refractivity contribution in [3.63, 3.8) is 0 Å². The minimum Gasteiger partial charge on any atom is -0.380 e. The Morgan fingerprint density at radius 3 is 2.76 bits per heavy atom. The highest BCUT2D eigenvalue weighted by molar-refractivity contribution is 7.91. The fourth-order valence-electron chi connectivity index (χ4n) is 2.76. The van der Waals surface area contributed by atoms with Crippen LogP contribution in [0, 0.1) is 13.8 Å². The number of nitrogens with zero attached hydrogens (tertiary/aromatic N) is 2. The summed E-state index contributed by atoms with van der Waals surface area (Å²) in [5.41, 5.74) is 3.18. The number of hydrogen-bond donors (Lipinski definition) is 1. The van der Waals surface area contributed by atoms with E-state index in [1.54, 1.807) is 7.11 Å². The van der Waals surface area contributed by atoms with Gasteiger partial charge < -0.3 is 10.1 Å². The summed E-state index contributed by atoms with van der Waals surface area (Å²) >= 11 is 0. The molecule has 0 radical (unpaired) electrons. The second-order valence-electron chi connectivity index (χ2n) is 5.83. The summed E-state index contributed by atoms with van der Waals surface area (Å²) < 4.78 is 30.4. The molecule has 0 saturated carbocycles. The lowest BCUT2D eigenvalue weighted by atomic mass is 10.2. The van der Waals surface area contributed by atoms with Gasteiger partial charge in [-0.25, -0.2) is 8.42 Å². The minimum atomic E-state index is -2.89. The van der Waals surface area contributed by atoms with Crippen LogP contribution in [0.5, 0.6) is 0 Å². The molecule has 1 fully saturated rings. The van der Waals surface area contributed by atoms with Crippen molar-refractivity contribution in [3.8, 4) is 0 Å². The van der Waals surface area contributed by atoms with Gasteiger partial charge in [-0.3, -0.25) is 4.68 Å². The predicted molar refractivity (Wildman–Crippen MR) is 82.2 cm³/mol. The molecule has 1 aliphatic rings. The van der Waals surface area contributed by atoms with Crippen molar-refractivity contribution in [2.45, 2.75) is 45.9 Å². The van der Waals surface area contributed by atoms with Crippen LogP contribution in [0.25, 0.3) is 0 Å². The van der Waals surface area contributed by atoms with E-state index in [4.69, 9.17) is 4.74 Å². The van der Waals surface area contributed by atoms with Crippen molar-refractivity contribution >= 4 is 9.84 Å². The Balaban J connectivity index is 2.07. The summed E-state index contributed by atoms with van der Waals surface area (Å²) in [5, 5.41) is 7.91. The van der Waals surface area contributed by atoms with Crippen molar-refractivity contribution < 1.29 is 13.2 Å². The van der Waals surface area contributed by atoms with E-state index < -0.39 is 9.84 Å². The predicted octanol–water partition coefficient (Wildman–Crippen LogP) is 0.984. The largest absolute Gasteiger partial charge is 0.380 e. The fourth-order valence-corrected chi connectivity index (χ4v) is 4.45. The SMILES string of the molecule is COC(C)CNCc1c(C)nn(C2CCS(=O)(=O)C2)c1C. The fraction of sp³-hybridized carbons (Fsp3) is 0.786. The van der Waals surface area contributed by atoms with E-state index >= 15 is 0 Å². The Labute approximate surface area is 126 Å². The number of aromatic nitrogens is 2. The molecule has 0 aromatic carbocycles. The van der Waals surface area contributed by atoms with Gasteiger partial charge in [0.05, 0.1) is 29.3 Å². The zero-order valence-corrected chi connectivity index (χ0v) is 14.0. The van der Waals surface area contributed by atoms with Crippen molar-refractivity contribution in [3.05, 3.63) is 17.0 Å². The third kappa shape index (κ3) is 3.84. The number of hydrogen-bond acceptors (Lipinski definition) is 5. The van der Waals surface area contributed by atoms with Crippen molar-refractivity contribution in [2.24, 2.45) is 0 Å². The summed E-state index contributed by atoms with van der Waals surface area (Å²) in [6, 6.07) is -0.0136. The lowest BCUT2D eigenvalue weighted by Gasteiger charge is -2.13. The van der Waals surface area contributed by atoms with Gasteiger partial charge in [-0.2, -0.15) is 5.10 Å². The van der Waals surface area contributed by atoms with Gasteiger partial charge >= 0.3 is 0 Å². The lowest BCUT2D eigenvalue weighted by molar-refractivity contribution is 0.117. The van der Waals surface area contributed by atoms with E-state index in [1.807, 2.05) is 25.5 Å². The van der Waals surface area contributed by atoms with Crippen molar-refractivity contribution in [1.82, 2.24) is 15.1 Å². The van der Waals surface area contributed by atoms with Gasteiger partial charge in [0, 0.05) is 31.5 Å². The molecule has 7 heteroatoms. The van der Waals surface area contributed by atoms with Gasteiger partial charge in [0.15, 0.2) is 9.84 Å². The van der Waals surface area contributed by atoms with Gasteiger partial charge in [-0.05, 0) is 27.2 Å². The number of ether oxygens (including phenoxy) is 1. The highest BCUT2D eigenvalue weighted by atomic mass is 32.2. The van der Waals surface area contributed by atoms with Gasteiger partial charge in [-0.1, -0.05) is 0 Å². The van der Waals surface area contributed by atoms with Crippen LogP contribution in [0.15, 0.2) is 0 Å². The molecule has 1 aliphatic heterocycles. The van der Waals surface area contributed by atoms with Crippen LogP contribution in [-0.4, -0.2) is 49.5 Å². The van der Waals surface area contributed by atoms with Crippen LogP contribution < -0.4 is 5.32 Å². The maximum atomic E-state index is 11.6. The molecule has 2 heterocycles. The molecule has 2 rings (SSSR count). The minimum absolute atomic E-state index is 0.0136. The monoisotopic (exact) mass is 315 g/mol. The molecule has 0 spiro atoms. The molecule has 21 heavy (non-hydrogen) atoms. The second kappa shape index (κ2) is 6.46. The van der Waals surface area contributed by atoms with E-state index in [1.165, 1.54) is 0 Å². The van der Waals surface area contributed by atoms with Crippen LogP contribution in [-0.2, 0) is 21.1 Å². The van der Waals surface area contributed by atoms with Crippen molar-refractivity contribution in [1.29, 1.82) is 0 Å². The number of methoxy groups -OCH3 is 1. The third-order valence-corrected chi connectivity index (χ3v) is 5.92. The van der Waals surface area contributed by atoms with Crippen LogP contribution in [0.3, 0.4) is 0 Å². The quantitative estimate of drug-likeness (QED) is 0.847. The first-order valence-electron chi connectivity index (χ1n) is 7.32. The zero-order valence-electron chi connectivity index (χ0n) is 13.2. The molecule has 1 aromatic heterocycles. The topological polar surface area (TPSA) is 73.2 Å². The normalized spacial score (nSPS) is 22.6. The summed E-state index contributed by atoms with van der Waals surface area (Å²) in [5.74, 6) is 0.484. The Kier molecular flexibility index (Phi) is 5.06. The van der Waals surface area contributed by atoms with E-state index in [0.717, 1.165) is 30.0 Å². The molecular formula is C14H25N3O3S. The molecule has 1 N–H and O–H groups in total. The maximum Gasteiger partial charge on any atom is 0.152 e. The average Bonchev–Trinajstić information content (AvgIpc) is 2.91. The van der Waals surface area contributed by atoms with Gasteiger partial charge in [0.25, 0.3) is 0 Å². The molecule has 2 unspecified atom stereocenters. The molecule has 0 bridgehead atoms. The van der Waals surface area contributed by atoms with Crippen LogP contribution in [0.4, 0.5) is 0 Å². The maximum absolute atomic E-state index is 11.6. The van der Waals surface area contributed by atoms with Gasteiger partial charge in [0.1, 0.15) is 0 Å². The first-order chi connectivity index (χ1) is 9.84. The molecule has 6 nitrogen and oxygen atoms in total. The molecule has 0 aliphatic carbocycles. The van der Waals surface area contributed by atoms with Gasteiger partial charge in [0.2, 0.25) is 0 Å². The smallest absolute Gasteiger partial charge is 0.152 e. The number of sulfone groups is 1. The summed E-state index contributed by atoms with van der Waals surface area (Å²) in [4.78, 5) is 0. The number of rotatable bonds is 6. The Bertz CT molecular complexity index is 595. The standard InChI is InChI=1S/C14H25N3O3S/c1-10(20-4)7-15-8-14-11(2)16-17(12(14)3)13-5-6-21(18,19)9-13/h10,13,15H,5-9H2,1-4H3. The van der Waals surface area contributed by atoms with E-state index in [9.17, 15) is 8.42 Å². The first kappa shape index (κ1) is 16.5. The van der Waals surface area contributed by atoms with Crippen LogP contribution in [0.2, 0.25) is 0 Å². The summed E-state index contributed by atoms with van der Waals surface area (Å²) in [6.45, 7) is 7.51. The summed E-state index contributed by atoms with van der Waals surface area (Å²) in [6.07, 6.45) is 0.832. The number of aryl methyl sites for hydroxylation is 1. The highest BCUT2D eigenvalue weighted by Gasteiger charge is 2.31. The average molecular weight is 315 g/mol. The molecule has 0 amide bonds. The van der Waals surface area contributed by atoms with Gasteiger partial charge in [-0.15, -0.1) is 0 Å². The number of nitrogens with one attached hydrogen (secondary N) is 1. The zero-order chi connectivity index (χ0) is 15.6. The third-order valence-electron chi connectivity index (χ3n) is 4.17. The molecule has 120 valence electrons. The Morgan fingerprint density at radius 1 is 1.48 bits per heavy atom. The second-order valence-corrected chi connectivity index (χ2v) is 8.06. The Morgan fingerprint density at radius 2 is 2.19 bits per heavy atom. The van der Waals surface area contributed by atoms with Crippen molar-refractivity contribution in [2.75, 3.05) is 25.2 Å². The van der Waals surface area contributed by atoms with E-state index in [-0.39, 0.29) is 23.7 Å².